The second kappa shape index (κ2) is 12.5. The van der Waals surface area contributed by atoms with Crippen LogP contribution in [0.2, 0.25) is 0 Å². The van der Waals surface area contributed by atoms with Crippen LogP contribution >= 0.6 is 24.0 Å². The van der Waals surface area contributed by atoms with Gasteiger partial charge in [-0.25, -0.2) is 4.98 Å². The molecule has 0 amide bonds. The van der Waals surface area contributed by atoms with Crippen LogP contribution < -0.4 is 20.1 Å². The summed E-state index contributed by atoms with van der Waals surface area (Å²) in [7, 11) is 1.61. The standard InChI is InChI=1S/C19H26F2N4O3.HI/c1-5-8-26-15-7-6-14(16(9-15)28-18(20)21)10-23-19(22-4)24-11-17-25-12(2)13(3)27-17;/h6-7,9,18H,5,8,10-11H2,1-4H3,(H2,22,23,24);1H. The number of halogens is 3. The summed E-state index contributed by atoms with van der Waals surface area (Å²) in [6.07, 6.45) is 0.819. The second-order valence-corrected chi connectivity index (χ2v) is 6.03. The number of alkyl halides is 2. The summed E-state index contributed by atoms with van der Waals surface area (Å²) in [5, 5.41) is 6.12. The molecular formula is C19H27F2IN4O3. The van der Waals surface area contributed by atoms with Gasteiger partial charge in [0.05, 0.1) is 18.8 Å². The smallest absolute Gasteiger partial charge is 0.387 e. The molecule has 0 atom stereocenters. The molecule has 1 aromatic carbocycles. The lowest BCUT2D eigenvalue weighted by Gasteiger charge is -2.15. The van der Waals surface area contributed by atoms with Crippen LogP contribution in [0.4, 0.5) is 8.78 Å². The van der Waals surface area contributed by atoms with Gasteiger partial charge in [0.15, 0.2) is 5.96 Å². The molecule has 0 radical (unpaired) electrons. The minimum atomic E-state index is -2.92. The summed E-state index contributed by atoms with van der Waals surface area (Å²) in [6.45, 7) is 3.84. The maximum absolute atomic E-state index is 12.8. The van der Waals surface area contributed by atoms with Gasteiger partial charge in [0.1, 0.15) is 17.3 Å². The molecular weight excluding hydrogens is 497 g/mol. The molecule has 0 aliphatic carbocycles. The number of aromatic nitrogens is 1. The van der Waals surface area contributed by atoms with E-state index in [2.05, 4.69) is 25.3 Å². The minimum absolute atomic E-state index is 0. The number of hydrogen-bond donors (Lipinski definition) is 2. The molecule has 10 heteroatoms. The Morgan fingerprint density at radius 1 is 1.24 bits per heavy atom. The number of nitrogens with one attached hydrogen (secondary N) is 2. The van der Waals surface area contributed by atoms with E-state index in [1.165, 1.54) is 6.07 Å². The van der Waals surface area contributed by atoms with Crippen molar-refractivity contribution < 1.29 is 22.7 Å². The lowest BCUT2D eigenvalue weighted by Crippen LogP contribution is -2.36. The average molecular weight is 524 g/mol. The Morgan fingerprint density at radius 2 is 1.97 bits per heavy atom. The van der Waals surface area contributed by atoms with Gasteiger partial charge < -0.3 is 24.5 Å². The van der Waals surface area contributed by atoms with Crippen molar-refractivity contribution in [1.29, 1.82) is 0 Å². The Hall–Kier alpha value is -2.11. The number of hydrogen-bond acceptors (Lipinski definition) is 5. The van der Waals surface area contributed by atoms with Crippen LogP contribution in [0.5, 0.6) is 11.5 Å². The molecule has 0 saturated carbocycles. The number of aryl methyl sites for hydroxylation is 2. The van der Waals surface area contributed by atoms with Crippen LogP contribution in [0, 0.1) is 13.8 Å². The van der Waals surface area contributed by atoms with Crippen LogP contribution in [-0.2, 0) is 13.1 Å². The molecule has 0 fully saturated rings. The van der Waals surface area contributed by atoms with E-state index in [1.54, 1.807) is 19.2 Å². The molecule has 0 unspecified atom stereocenters. The van der Waals surface area contributed by atoms with E-state index in [1.807, 2.05) is 20.8 Å². The van der Waals surface area contributed by atoms with Crippen molar-refractivity contribution in [2.45, 2.75) is 46.9 Å². The highest BCUT2D eigenvalue weighted by molar-refractivity contribution is 14.0. The Kier molecular flexibility index (Phi) is 10.7. The van der Waals surface area contributed by atoms with Gasteiger partial charge in [-0.1, -0.05) is 6.92 Å². The molecule has 2 aromatic rings. The first kappa shape index (κ1) is 24.9. The van der Waals surface area contributed by atoms with E-state index in [9.17, 15) is 8.78 Å². The summed E-state index contributed by atoms with van der Waals surface area (Å²) >= 11 is 0. The molecule has 2 rings (SSSR count). The summed E-state index contributed by atoms with van der Waals surface area (Å²) in [5.74, 6) is 2.32. The van der Waals surface area contributed by atoms with Crippen LogP contribution in [-0.4, -0.2) is 31.2 Å². The number of nitrogens with zero attached hydrogens (tertiary/aromatic N) is 2. The van der Waals surface area contributed by atoms with Gasteiger partial charge >= 0.3 is 6.61 Å². The van der Waals surface area contributed by atoms with Crippen LogP contribution in [0.25, 0.3) is 0 Å². The van der Waals surface area contributed by atoms with Crippen molar-refractivity contribution in [2.75, 3.05) is 13.7 Å². The fourth-order valence-electron chi connectivity index (χ4n) is 2.37. The van der Waals surface area contributed by atoms with E-state index >= 15 is 0 Å². The molecule has 1 aromatic heterocycles. The van der Waals surface area contributed by atoms with Gasteiger partial charge in [-0.2, -0.15) is 8.78 Å². The Balaban J connectivity index is 0.00000420. The van der Waals surface area contributed by atoms with Crippen molar-refractivity contribution in [3.8, 4) is 11.5 Å². The van der Waals surface area contributed by atoms with Gasteiger partial charge in [-0.15, -0.1) is 24.0 Å². The first-order valence-corrected chi connectivity index (χ1v) is 9.00. The van der Waals surface area contributed by atoms with Crippen LogP contribution in [0.1, 0.15) is 36.3 Å². The maximum Gasteiger partial charge on any atom is 0.387 e. The van der Waals surface area contributed by atoms with Gasteiger partial charge in [0, 0.05) is 25.2 Å². The highest BCUT2D eigenvalue weighted by Crippen LogP contribution is 2.26. The number of oxazole rings is 1. The van der Waals surface area contributed by atoms with Gasteiger partial charge in [0.25, 0.3) is 0 Å². The molecule has 0 saturated heterocycles. The van der Waals surface area contributed by atoms with E-state index in [0.29, 0.717) is 36.3 Å². The highest BCUT2D eigenvalue weighted by atomic mass is 127. The van der Waals surface area contributed by atoms with Crippen molar-refractivity contribution in [3.63, 3.8) is 0 Å². The summed E-state index contributed by atoms with van der Waals surface area (Å²) in [5.41, 5.74) is 1.38. The number of guanidine groups is 1. The molecule has 7 nitrogen and oxygen atoms in total. The van der Waals surface area contributed by atoms with Crippen molar-refractivity contribution in [1.82, 2.24) is 15.6 Å². The third-order valence-electron chi connectivity index (χ3n) is 3.88. The Labute approximate surface area is 186 Å². The van der Waals surface area contributed by atoms with Crippen molar-refractivity contribution in [2.24, 2.45) is 4.99 Å². The van der Waals surface area contributed by atoms with E-state index in [-0.39, 0.29) is 36.3 Å². The molecule has 1 heterocycles. The maximum atomic E-state index is 12.8. The molecule has 162 valence electrons. The lowest BCUT2D eigenvalue weighted by molar-refractivity contribution is -0.0505. The highest BCUT2D eigenvalue weighted by Gasteiger charge is 2.12. The molecule has 0 bridgehead atoms. The molecule has 0 aliphatic heterocycles. The quantitative estimate of drug-likeness (QED) is 0.291. The number of rotatable bonds is 9. The van der Waals surface area contributed by atoms with Gasteiger partial charge in [0.2, 0.25) is 5.89 Å². The average Bonchev–Trinajstić information content (AvgIpc) is 2.98. The Morgan fingerprint density at radius 3 is 2.55 bits per heavy atom. The van der Waals surface area contributed by atoms with E-state index in [4.69, 9.17) is 9.15 Å². The first-order chi connectivity index (χ1) is 13.4. The topological polar surface area (TPSA) is 80.9 Å². The number of aliphatic imine (C=N–C) groups is 1. The minimum Gasteiger partial charge on any atom is -0.493 e. The van der Waals surface area contributed by atoms with Gasteiger partial charge in [-0.05, 0) is 32.4 Å². The summed E-state index contributed by atoms with van der Waals surface area (Å²) in [6, 6.07) is 4.87. The molecule has 0 spiro atoms. The predicted octanol–water partition coefficient (Wildman–Crippen LogP) is 4.16. The number of benzene rings is 1. The van der Waals surface area contributed by atoms with Gasteiger partial charge in [-0.3, -0.25) is 4.99 Å². The molecule has 29 heavy (non-hydrogen) atoms. The second-order valence-electron chi connectivity index (χ2n) is 6.03. The zero-order chi connectivity index (χ0) is 20.5. The summed E-state index contributed by atoms with van der Waals surface area (Å²) in [4.78, 5) is 8.39. The molecule has 0 aliphatic rings. The SMILES string of the molecule is CCCOc1ccc(CNC(=NC)NCc2nc(C)c(C)o2)c(OC(F)F)c1.I. The zero-order valence-corrected chi connectivity index (χ0v) is 19.3. The predicted molar refractivity (Wildman–Crippen MR) is 117 cm³/mol. The van der Waals surface area contributed by atoms with Crippen LogP contribution in [0.3, 0.4) is 0 Å². The lowest BCUT2D eigenvalue weighted by atomic mass is 10.2. The largest absolute Gasteiger partial charge is 0.493 e. The van der Waals surface area contributed by atoms with Crippen LogP contribution in [0.15, 0.2) is 27.6 Å². The molecule has 2 N–H and O–H groups in total. The van der Waals surface area contributed by atoms with Crippen molar-refractivity contribution >= 4 is 29.9 Å². The zero-order valence-electron chi connectivity index (χ0n) is 16.9. The monoisotopic (exact) mass is 524 g/mol. The normalized spacial score (nSPS) is 11.2. The fraction of sp³-hybridized carbons (Fsp3) is 0.474. The first-order valence-electron chi connectivity index (χ1n) is 9.00. The summed E-state index contributed by atoms with van der Waals surface area (Å²) < 4.78 is 41.1. The fourth-order valence-corrected chi connectivity index (χ4v) is 2.37. The third-order valence-corrected chi connectivity index (χ3v) is 3.88. The Bertz CT molecular complexity index is 780. The van der Waals surface area contributed by atoms with E-state index in [0.717, 1.165) is 17.9 Å². The number of ether oxygens (including phenoxy) is 2. The third kappa shape index (κ3) is 8.03. The van der Waals surface area contributed by atoms with E-state index < -0.39 is 6.61 Å². The van der Waals surface area contributed by atoms with Crippen molar-refractivity contribution in [3.05, 3.63) is 41.1 Å².